The van der Waals surface area contributed by atoms with Crippen LogP contribution in [0.2, 0.25) is 0 Å². The highest BCUT2D eigenvalue weighted by atomic mass is 16.5. The summed E-state index contributed by atoms with van der Waals surface area (Å²) < 4.78 is 11.4. The quantitative estimate of drug-likeness (QED) is 0.630. The molecule has 2 atom stereocenters. The summed E-state index contributed by atoms with van der Waals surface area (Å²) in [4.78, 5) is 0. The van der Waals surface area contributed by atoms with Crippen molar-refractivity contribution < 1.29 is 9.47 Å². The van der Waals surface area contributed by atoms with Crippen LogP contribution >= 0.6 is 0 Å². The third-order valence-electron chi connectivity index (χ3n) is 4.11. The van der Waals surface area contributed by atoms with Crippen LogP contribution in [0.3, 0.4) is 0 Å². The van der Waals surface area contributed by atoms with E-state index >= 15 is 0 Å². The monoisotopic (exact) mass is 264 g/mol. The molecule has 0 bridgehead atoms. The van der Waals surface area contributed by atoms with Gasteiger partial charge in [-0.15, -0.1) is 0 Å². The van der Waals surface area contributed by atoms with Crippen molar-refractivity contribution in [2.24, 2.45) is 5.84 Å². The van der Waals surface area contributed by atoms with Crippen molar-refractivity contribution in [2.45, 2.75) is 44.4 Å². The number of rotatable bonds is 5. The van der Waals surface area contributed by atoms with Gasteiger partial charge in [0, 0.05) is 7.11 Å². The molecule has 0 saturated heterocycles. The van der Waals surface area contributed by atoms with Crippen LogP contribution in [0, 0.1) is 0 Å². The molecule has 0 aromatic heterocycles. The van der Waals surface area contributed by atoms with E-state index in [1.807, 2.05) is 13.8 Å². The van der Waals surface area contributed by atoms with E-state index in [9.17, 15) is 0 Å². The van der Waals surface area contributed by atoms with Crippen molar-refractivity contribution in [2.75, 3.05) is 13.7 Å². The number of ether oxygens (including phenoxy) is 2. The molecule has 1 aromatic rings. The summed E-state index contributed by atoms with van der Waals surface area (Å²) in [5.74, 6) is 5.69. The van der Waals surface area contributed by atoms with Crippen LogP contribution in [-0.2, 0) is 15.9 Å². The average molecular weight is 264 g/mol. The predicted octanol–water partition coefficient (Wildman–Crippen LogP) is 1.95. The molecule has 1 aliphatic rings. The topological polar surface area (TPSA) is 56.5 Å². The minimum Gasteiger partial charge on any atom is -0.377 e. The fourth-order valence-electron chi connectivity index (χ4n) is 2.58. The van der Waals surface area contributed by atoms with E-state index in [-0.39, 0.29) is 17.7 Å². The second-order valence-electron chi connectivity index (χ2n) is 5.57. The summed E-state index contributed by atoms with van der Waals surface area (Å²) in [6.07, 6.45) is 1.87. The van der Waals surface area contributed by atoms with E-state index in [1.165, 1.54) is 11.1 Å². The minimum absolute atomic E-state index is 0.0358. The lowest BCUT2D eigenvalue weighted by atomic mass is 9.88. The van der Waals surface area contributed by atoms with Crippen LogP contribution in [0.25, 0.3) is 0 Å². The Bertz CT molecular complexity index is 420. The molecule has 0 saturated carbocycles. The Morgan fingerprint density at radius 2 is 2.21 bits per heavy atom. The molecule has 4 nitrogen and oxygen atoms in total. The maximum absolute atomic E-state index is 5.93. The fraction of sp³-hybridized carbons (Fsp3) is 0.600. The lowest BCUT2D eigenvalue weighted by Gasteiger charge is -2.36. The third-order valence-corrected chi connectivity index (χ3v) is 4.11. The van der Waals surface area contributed by atoms with Gasteiger partial charge < -0.3 is 9.47 Å². The molecular weight excluding hydrogens is 240 g/mol. The Balaban J connectivity index is 2.15. The van der Waals surface area contributed by atoms with Gasteiger partial charge in [0.05, 0.1) is 24.4 Å². The molecule has 2 rings (SSSR count). The summed E-state index contributed by atoms with van der Waals surface area (Å²) in [6, 6.07) is 8.50. The molecule has 3 N–H and O–H groups in total. The van der Waals surface area contributed by atoms with Gasteiger partial charge in [-0.05, 0) is 37.8 Å². The van der Waals surface area contributed by atoms with E-state index in [0.29, 0.717) is 0 Å². The smallest absolute Gasteiger partial charge is 0.0844 e. The summed E-state index contributed by atoms with van der Waals surface area (Å²) in [7, 11) is 1.71. The number of hydrogen-bond donors (Lipinski definition) is 2. The van der Waals surface area contributed by atoms with Crippen molar-refractivity contribution in [3.63, 3.8) is 0 Å². The first kappa shape index (κ1) is 14.5. The molecule has 1 aliphatic heterocycles. The molecular formula is C15H24N2O2. The average Bonchev–Trinajstić information content (AvgIpc) is 2.44. The molecule has 4 heteroatoms. The first-order chi connectivity index (χ1) is 9.08. The van der Waals surface area contributed by atoms with Crippen LogP contribution < -0.4 is 11.3 Å². The number of nitrogens with two attached hydrogens (primary N) is 1. The molecule has 2 unspecified atom stereocenters. The van der Waals surface area contributed by atoms with Gasteiger partial charge in [-0.1, -0.05) is 24.3 Å². The van der Waals surface area contributed by atoms with Crippen molar-refractivity contribution in [1.82, 2.24) is 5.43 Å². The molecule has 1 heterocycles. The number of benzene rings is 1. The van der Waals surface area contributed by atoms with E-state index in [4.69, 9.17) is 15.3 Å². The Morgan fingerprint density at radius 1 is 1.47 bits per heavy atom. The largest absolute Gasteiger partial charge is 0.377 e. The standard InChI is InChI=1S/C15H24N2O2/c1-15(2,18-3)14(17-16)10-13-12-7-5-4-6-11(12)8-9-19-13/h4-7,13-14,17H,8-10,16H2,1-3H3. The SMILES string of the molecule is COC(C)(C)C(CC1OCCc2ccccc21)NN. The number of nitrogens with one attached hydrogen (secondary N) is 1. The summed E-state index contributed by atoms with van der Waals surface area (Å²) in [6.45, 7) is 4.84. The van der Waals surface area contributed by atoms with Crippen molar-refractivity contribution in [1.29, 1.82) is 0 Å². The zero-order valence-corrected chi connectivity index (χ0v) is 12.0. The van der Waals surface area contributed by atoms with Gasteiger partial charge in [0.1, 0.15) is 0 Å². The summed E-state index contributed by atoms with van der Waals surface area (Å²) in [5, 5.41) is 0. The van der Waals surface area contributed by atoms with Gasteiger partial charge in [-0.2, -0.15) is 0 Å². The molecule has 0 aliphatic carbocycles. The van der Waals surface area contributed by atoms with Crippen LogP contribution in [0.15, 0.2) is 24.3 Å². The van der Waals surface area contributed by atoms with E-state index in [2.05, 4.69) is 29.7 Å². The van der Waals surface area contributed by atoms with E-state index in [0.717, 1.165) is 19.4 Å². The van der Waals surface area contributed by atoms with Gasteiger partial charge in [-0.3, -0.25) is 11.3 Å². The summed E-state index contributed by atoms with van der Waals surface area (Å²) in [5.41, 5.74) is 5.20. The Labute approximate surface area is 115 Å². The van der Waals surface area contributed by atoms with E-state index < -0.39 is 0 Å². The van der Waals surface area contributed by atoms with Crippen molar-refractivity contribution in [3.05, 3.63) is 35.4 Å². The maximum atomic E-state index is 5.93. The Kier molecular flexibility index (Phi) is 4.58. The zero-order valence-electron chi connectivity index (χ0n) is 12.0. The second-order valence-corrected chi connectivity index (χ2v) is 5.57. The highest BCUT2D eigenvalue weighted by Crippen LogP contribution is 2.32. The molecule has 0 fully saturated rings. The number of methoxy groups -OCH3 is 1. The van der Waals surface area contributed by atoms with Crippen LogP contribution in [0.1, 0.15) is 37.5 Å². The van der Waals surface area contributed by atoms with Crippen molar-refractivity contribution >= 4 is 0 Å². The van der Waals surface area contributed by atoms with Crippen LogP contribution in [-0.4, -0.2) is 25.4 Å². The van der Waals surface area contributed by atoms with Gasteiger partial charge >= 0.3 is 0 Å². The number of hydrazine groups is 1. The molecule has 0 radical (unpaired) electrons. The highest BCUT2D eigenvalue weighted by Gasteiger charge is 2.33. The molecule has 106 valence electrons. The van der Waals surface area contributed by atoms with Crippen molar-refractivity contribution in [3.8, 4) is 0 Å². The predicted molar refractivity (Wildman–Crippen MR) is 75.7 cm³/mol. The van der Waals surface area contributed by atoms with Crippen LogP contribution in [0.5, 0.6) is 0 Å². The lowest BCUT2D eigenvalue weighted by Crippen LogP contribution is -2.52. The Hall–Kier alpha value is -0.940. The van der Waals surface area contributed by atoms with Gasteiger partial charge in [0.15, 0.2) is 0 Å². The highest BCUT2D eigenvalue weighted by molar-refractivity contribution is 5.31. The maximum Gasteiger partial charge on any atom is 0.0844 e. The molecule has 19 heavy (non-hydrogen) atoms. The van der Waals surface area contributed by atoms with Gasteiger partial charge in [0.25, 0.3) is 0 Å². The fourth-order valence-corrected chi connectivity index (χ4v) is 2.58. The van der Waals surface area contributed by atoms with Gasteiger partial charge in [0.2, 0.25) is 0 Å². The number of hydrogen-bond acceptors (Lipinski definition) is 4. The molecule has 0 spiro atoms. The molecule has 0 amide bonds. The van der Waals surface area contributed by atoms with Crippen LogP contribution in [0.4, 0.5) is 0 Å². The third kappa shape index (κ3) is 3.15. The lowest BCUT2D eigenvalue weighted by molar-refractivity contribution is -0.0401. The van der Waals surface area contributed by atoms with Gasteiger partial charge in [-0.25, -0.2) is 0 Å². The molecule has 1 aromatic carbocycles. The normalized spacial score (nSPS) is 20.9. The second kappa shape index (κ2) is 6.01. The first-order valence-electron chi connectivity index (χ1n) is 6.79. The van der Waals surface area contributed by atoms with E-state index in [1.54, 1.807) is 7.11 Å². The Morgan fingerprint density at radius 3 is 2.89 bits per heavy atom. The summed E-state index contributed by atoms with van der Waals surface area (Å²) >= 11 is 0. The minimum atomic E-state index is -0.329. The first-order valence-corrected chi connectivity index (χ1v) is 6.79. The zero-order chi connectivity index (χ0) is 13.9. The number of fused-ring (bicyclic) bond motifs is 1.